The molecule has 6 heteroatoms. The van der Waals surface area contributed by atoms with Crippen molar-refractivity contribution in [3.05, 3.63) is 43.0 Å². The van der Waals surface area contributed by atoms with Gasteiger partial charge in [-0.3, -0.25) is 0 Å². The molecule has 1 rings (SSSR count). The number of hydrogen-bond acceptors (Lipinski definition) is 6. The highest BCUT2D eigenvalue weighted by atomic mass is 16.7. The number of rotatable bonds is 11. The van der Waals surface area contributed by atoms with E-state index in [1.54, 1.807) is 12.1 Å². The highest BCUT2D eigenvalue weighted by molar-refractivity contribution is 5.81. The predicted molar refractivity (Wildman–Crippen MR) is 75.9 cm³/mol. The number of aliphatic hydroxyl groups excluding tert-OH is 1. The van der Waals surface area contributed by atoms with Crippen molar-refractivity contribution in [2.24, 2.45) is 0 Å². The molecular weight excluding hydrogens is 276 g/mol. The van der Waals surface area contributed by atoms with E-state index >= 15 is 0 Å². The summed E-state index contributed by atoms with van der Waals surface area (Å²) in [5.41, 5.74) is 0. The predicted octanol–water partition coefficient (Wildman–Crippen LogP) is 1.15. The van der Waals surface area contributed by atoms with Gasteiger partial charge >= 0.3 is 5.97 Å². The molecule has 0 amide bonds. The van der Waals surface area contributed by atoms with E-state index in [9.17, 15) is 4.79 Å². The Hall–Kier alpha value is -1.89. The van der Waals surface area contributed by atoms with Crippen molar-refractivity contribution in [2.45, 2.75) is 6.29 Å². The van der Waals surface area contributed by atoms with Gasteiger partial charge in [0.15, 0.2) is 6.61 Å². The first-order valence-corrected chi connectivity index (χ1v) is 6.57. The largest absolute Gasteiger partial charge is 0.461 e. The van der Waals surface area contributed by atoms with E-state index in [0.29, 0.717) is 12.4 Å². The molecule has 1 unspecified atom stereocenters. The van der Waals surface area contributed by atoms with Crippen LogP contribution in [0.5, 0.6) is 5.75 Å². The number of esters is 1. The van der Waals surface area contributed by atoms with Gasteiger partial charge in [-0.1, -0.05) is 24.8 Å². The van der Waals surface area contributed by atoms with E-state index in [0.717, 1.165) is 6.08 Å². The second-order valence-electron chi connectivity index (χ2n) is 3.90. The molecule has 1 N–H and O–H groups in total. The van der Waals surface area contributed by atoms with Gasteiger partial charge in [-0.15, -0.1) is 0 Å². The van der Waals surface area contributed by atoms with Crippen LogP contribution in [0.4, 0.5) is 0 Å². The summed E-state index contributed by atoms with van der Waals surface area (Å²) in [6.07, 6.45) is 0.332. The van der Waals surface area contributed by atoms with Crippen LogP contribution >= 0.6 is 0 Å². The summed E-state index contributed by atoms with van der Waals surface area (Å²) in [5, 5.41) is 8.58. The van der Waals surface area contributed by atoms with Gasteiger partial charge in [-0.25, -0.2) is 4.79 Å². The van der Waals surface area contributed by atoms with Crippen LogP contribution in [0.15, 0.2) is 43.0 Å². The fourth-order valence-electron chi connectivity index (χ4n) is 1.38. The van der Waals surface area contributed by atoms with Crippen LogP contribution in [-0.2, 0) is 19.0 Å². The van der Waals surface area contributed by atoms with Crippen molar-refractivity contribution in [1.29, 1.82) is 0 Å². The van der Waals surface area contributed by atoms with Gasteiger partial charge < -0.3 is 24.1 Å². The zero-order chi connectivity index (χ0) is 15.3. The Morgan fingerprint density at radius 1 is 1.24 bits per heavy atom. The number of carbonyl (C=O) groups is 1. The Labute approximate surface area is 123 Å². The number of ether oxygens (including phenoxy) is 4. The maximum atomic E-state index is 11.1. The van der Waals surface area contributed by atoms with Crippen molar-refractivity contribution in [2.75, 3.05) is 33.0 Å². The molecular formula is C15H20O6. The van der Waals surface area contributed by atoms with Gasteiger partial charge in [0.05, 0.1) is 26.4 Å². The van der Waals surface area contributed by atoms with Gasteiger partial charge in [0.1, 0.15) is 5.75 Å². The second-order valence-corrected chi connectivity index (χ2v) is 3.90. The third kappa shape index (κ3) is 8.09. The van der Waals surface area contributed by atoms with Crippen LogP contribution in [0.25, 0.3) is 0 Å². The molecule has 6 nitrogen and oxygen atoms in total. The SMILES string of the molecule is C=CC(=O)OCC(OCCOCCO)Oc1ccccc1. The molecule has 0 bridgehead atoms. The summed E-state index contributed by atoms with van der Waals surface area (Å²) >= 11 is 0. The molecule has 0 spiro atoms. The molecule has 0 fully saturated rings. The van der Waals surface area contributed by atoms with Crippen LogP contribution in [-0.4, -0.2) is 50.4 Å². The Bertz CT molecular complexity index is 406. The summed E-state index contributed by atoms with van der Waals surface area (Å²) in [4.78, 5) is 11.1. The van der Waals surface area contributed by atoms with Crippen molar-refractivity contribution in [1.82, 2.24) is 0 Å². The number of carbonyl (C=O) groups excluding carboxylic acids is 1. The van der Waals surface area contributed by atoms with Crippen LogP contribution < -0.4 is 4.74 Å². The maximum Gasteiger partial charge on any atom is 0.330 e. The molecule has 0 aliphatic heterocycles. The van der Waals surface area contributed by atoms with Crippen molar-refractivity contribution in [3.63, 3.8) is 0 Å². The fraction of sp³-hybridized carbons (Fsp3) is 0.400. The molecule has 21 heavy (non-hydrogen) atoms. The fourth-order valence-corrected chi connectivity index (χ4v) is 1.38. The number of hydrogen-bond donors (Lipinski definition) is 1. The first-order chi connectivity index (χ1) is 10.3. The molecule has 1 atom stereocenters. The summed E-state index contributed by atoms with van der Waals surface area (Å²) < 4.78 is 21.0. The van der Waals surface area contributed by atoms with Crippen LogP contribution in [0.1, 0.15) is 0 Å². The van der Waals surface area contributed by atoms with Gasteiger partial charge in [0.25, 0.3) is 0 Å². The third-order valence-corrected chi connectivity index (χ3v) is 2.31. The zero-order valence-corrected chi connectivity index (χ0v) is 11.8. The lowest BCUT2D eigenvalue weighted by atomic mass is 10.3. The molecule has 0 aliphatic rings. The minimum Gasteiger partial charge on any atom is -0.461 e. The van der Waals surface area contributed by atoms with Gasteiger partial charge in [0, 0.05) is 6.08 Å². The molecule has 1 aromatic rings. The summed E-state index contributed by atoms with van der Waals surface area (Å²) in [7, 11) is 0. The summed E-state index contributed by atoms with van der Waals surface area (Å²) in [5.74, 6) is 0.0604. The molecule has 0 saturated carbocycles. The van der Waals surface area contributed by atoms with Crippen molar-refractivity contribution >= 4 is 5.97 Å². The Kier molecular flexibility index (Phi) is 8.86. The van der Waals surface area contributed by atoms with Crippen LogP contribution in [0.3, 0.4) is 0 Å². The second kappa shape index (κ2) is 10.8. The Morgan fingerprint density at radius 3 is 2.67 bits per heavy atom. The van der Waals surface area contributed by atoms with Crippen LogP contribution in [0.2, 0.25) is 0 Å². The average Bonchev–Trinajstić information content (AvgIpc) is 2.52. The van der Waals surface area contributed by atoms with Gasteiger partial charge in [0.2, 0.25) is 6.29 Å². The first kappa shape index (κ1) is 17.2. The number of benzene rings is 1. The lowest BCUT2D eigenvalue weighted by Gasteiger charge is -2.19. The summed E-state index contributed by atoms with van der Waals surface area (Å²) in [6, 6.07) is 9.06. The Morgan fingerprint density at radius 2 is 2.00 bits per heavy atom. The van der Waals surface area contributed by atoms with Gasteiger partial charge in [-0.2, -0.15) is 0 Å². The highest BCUT2D eigenvalue weighted by Gasteiger charge is 2.13. The van der Waals surface area contributed by atoms with Gasteiger partial charge in [-0.05, 0) is 12.1 Å². The molecule has 1 aromatic carbocycles. The number of aliphatic hydroxyl groups is 1. The van der Waals surface area contributed by atoms with E-state index < -0.39 is 12.3 Å². The monoisotopic (exact) mass is 296 g/mol. The highest BCUT2D eigenvalue weighted by Crippen LogP contribution is 2.12. The molecule has 116 valence electrons. The standard InChI is InChI=1S/C15H20O6/c1-2-14(17)20-12-15(19-11-10-18-9-8-16)21-13-6-4-3-5-7-13/h2-7,15-16H,1,8-12H2. The molecule has 0 saturated heterocycles. The minimum absolute atomic E-state index is 0.0408. The molecule has 0 radical (unpaired) electrons. The molecule has 0 aromatic heterocycles. The maximum absolute atomic E-state index is 11.1. The molecule has 0 heterocycles. The smallest absolute Gasteiger partial charge is 0.330 e. The molecule has 0 aliphatic carbocycles. The van der Waals surface area contributed by atoms with E-state index in [2.05, 4.69) is 6.58 Å². The Balaban J connectivity index is 2.41. The van der Waals surface area contributed by atoms with Crippen LogP contribution in [0, 0.1) is 0 Å². The first-order valence-electron chi connectivity index (χ1n) is 6.57. The lowest BCUT2D eigenvalue weighted by Crippen LogP contribution is -2.29. The van der Waals surface area contributed by atoms with E-state index in [1.807, 2.05) is 18.2 Å². The normalized spacial score (nSPS) is 11.7. The van der Waals surface area contributed by atoms with E-state index in [4.69, 9.17) is 24.1 Å². The average molecular weight is 296 g/mol. The van der Waals surface area contributed by atoms with E-state index in [1.165, 1.54) is 0 Å². The quantitative estimate of drug-likeness (QED) is 0.286. The topological polar surface area (TPSA) is 74.2 Å². The minimum atomic E-state index is -0.742. The third-order valence-electron chi connectivity index (χ3n) is 2.31. The summed E-state index contributed by atoms with van der Waals surface area (Å²) in [6.45, 7) is 4.03. The number of para-hydroxylation sites is 1. The zero-order valence-electron chi connectivity index (χ0n) is 11.8. The van der Waals surface area contributed by atoms with E-state index in [-0.39, 0.29) is 26.4 Å². The lowest BCUT2D eigenvalue weighted by molar-refractivity contribution is -0.158. The van der Waals surface area contributed by atoms with Crippen molar-refractivity contribution in [3.8, 4) is 5.75 Å². The van der Waals surface area contributed by atoms with Crippen molar-refractivity contribution < 1.29 is 28.8 Å².